The number of rotatable bonds is 5. The number of aliphatic hydroxyl groups excluding tert-OH is 3. The molecule has 0 aromatic heterocycles. The first kappa shape index (κ1) is 19.3. The van der Waals surface area contributed by atoms with Crippen LogP contribution in [-0.4, -0.2) is 51.9 Å². The molecule has 1 heterocycles. The molecule has 144 valence electrons. The van der Waals surface area contributed by atoms with Crippen LogP contribution in [0.1, 0.15) is 28.4 Å². The summed E-state index contributed by atoms with van der Waals surface area (Å²) in [7, 11) is 0. The van der Waals surface area contributed by atoms with Crippen molar-refractivity contribution in [1.82, 2.24) is 0 Å². The minimum atomic E-state index is -1.38. The Morgan fingerprint density at radius 3 is 2.37 bits per heavy atom. The third-order valence-electron chi connectivity index (χ3n) is 4.66. The Balaban J connectivity index is 1.77. The van der Waals surface area contributed by atoms with Crippen molar-refractivity contribution in [3.8, 4) is 5.75 Å². The first-order valence-electron chi connectivity index (χ1n) is 8.70. The largest absolute Gasteiger partial charge is 0.462 e. The van der Waals surface area contributed by atoms with E-state index in [1.165, 1.54) is 0 Å². The summed E-state index contributed by atoms with van der Waals surface area (Å²) >= 11 is 0. The Morgan fingerprint density at radius 1 is 1.04 bits per heavy atom. The Kier molecular flexibility index (Phi) is 5.76. The van der Waals surface area contributed by atoms with Crippen molar-refractivity contribution >= 4 is 5.91 Å². The lowest BCUT2D eigenvalue weighted by molar-refractivity contribution is -0.268. The summed E-state index contributed by atoms with van der Waals surface area (Å²) in [5, 5.41) is 29.9. The summed E-state index contributed by atoms with van der Waals surface area (Å²) in [6, 6.07) is 14.2. The van der Waals surface area contributed by atoms with Crippen molar-refractivity contribution in [2.45, 2.75) is 44.1 Å². The van der Waals surface area contributed by atoms with Gasteiger partial charge in [0.15, 0.2) is 0 Å². The van der Waals surface area contributed by atoms with Gasteiger partial charge in [0.05, 0.1) is 6.10 Å². The molecule has 3 rings (SSSR count). The van der Waals surface area contributed by atoms with Crippen LogP contribution in [0, 0.1) is 0 Å². The summed E-state index contributed by atoms with van der Waals surface area (Å²) in [6.45, 7) is 1.60. The number of carbonyl (C=O) groups excluding carboxylic acids is 1. The van der Waals surface area contributed by atoms with Gasteiger partial charge >= 0.3 is 0 Å². The lowest BCUT2D eigenvalue weighted by atomic mass is 10.00. The fourth-order valence-electron chi connectivity index (χ4n) is 3.01. The van der Waals surface area contributed by atoms with E-state index in [4.69, 9.17) is 15.2 Å². The van der Waals surface area contributed by atoms with Crippen LogP contribution in [0.3, 0.4) is 0 Å². The molecule has 7 heteroatoms. The highest BCUT2D eigenvalue weighted by Crippen LogP contribution is 2.27. The number of nitrogens with two attached hydrogens (primary N) is 1. The zero-order valence-corrected chi connectivity index (χ0v) is 14.9. The lowest BCUT2D eigenvalue weighted by Gasteiger charge is -2.39. The molecule has 1 amide bonds. The second kappa shape index (κ2) is 8.06. The maximum atomic E-state index is 11.2. The van der Waals surface area contributed by atoms with Crippen molar-refractivity contribution < 1.29 is 29.6 Å². The quantitative estimate of drug-likeness (QED) is 0.608. The van der Waals surface area contributed by atoms with E-state index in [1.807, 2.05) is 24.3 Å². The highest BCUT2D eigenvalue weighted by Gasteiger charge is 2.43. The third kappa shape index (κ3) is 4.28. The standard InChI is InChI=1S/C20H23NO6/c1-11-16(22)17(23)18(24)20(26-11)27-15-5-3-2-4-14(15)10-12-6-8-13(9-7-12)19(21)25/h2-9,11,16-18,20,22-24H,10H2,1H3,(H2,21,25). The van der Waals surface area contributed by atoms with Crippen LogP contribution in [0.25, 0.3) is 0 Å². The van der Waals surface area contributed by atoms with Crippen LogP contribution < -0.4 is 10.5 Å². The topological polar surface area (TPSA) is 122 Å². The molecule has 5 atom stereocenters. The predicted molar refractivity (Wildman–Crippen MR) is 97.2 cm³/mol. The van der Waals surface area contributed by atoms with Gasteiger partial charge in [-0.2, -0.15) is 0 Å². The summed E-state index contributed by atoms with van der Waals surface area (Å²) in [5.74, 6) is 0.0138. The molecule has 5 unspecified atom stereocenters. The van der Waals surface area contributed by atoms with E-state index in [2.05, 4.69) is 0 Å². The zero-order valence-electron chi connectivity index (χ0n) is 14.9. The number of aliphatic hydroxyl groups is 3. The van der Waals surface area contributed by atoms with E-state index in [1.54, 1.807) is 31.2 Å². The summed E-state index contributed by atoms with van der Waals surface area (Å²) in [4.78, 5) is 11.2. The molecule has 1 saturated heterocycles. The molecule has 0 saturated carbocycles. The van der Waals surface area contributed by atoms with Gasteiger partial charge in [-0.3, -0.25) is 4.79 Å². The van der Waals surface area contributed by atoms with Gasteiger partial charge in [-0.15, -0.1) is 0 Å². The number of hydrogen-bond acceptors (Lipinski definition) is 6. The number of hydrogen-bond donors (Lipinski definition) is 4. The molecule has 2 aromatic rings. The monoisotopic (exact) mass is 373 g/mol. The van der Waals surface area contributed by atoms with Crippen LogP contribution >= 0.6 is 0 Å². The second-order valence-corrected chi connectivity index (χ2v) is 6.64. The number of ether oxygens (including phenoxy) is 2. The van der Waals surface area contributed by atoms with Gasteiger partial charge in [0.1, 0.15) is 24.1 Å². The summed E-state index contributed by atoms with van der Waals surface area (Å²) in [5.41, 5.74) is 7.48. The molecule has 1 aliphatic rings. The minimum Gasteiger partial charge on any atom is -0.462 e. The maximum absolute atomic E-state index is 11.2. The molecular formula is C20H23NO6. The molecule has 5 N–H and O–H groups in total. The molecule has 0 bridgehead atoms. The normalized spacial score (nSPS) is 27.9. The second-order valence-electron chi connectivity index (χ2n) is 6.64. The number of carbonyl (C=O) groups is 1. The molecule has 0 spiro atoms. The number of benzene rings is 2. The van der Waals surface area contributed by atoms with E-state index in [-0.39, 0.29) is 0 Å². The van der Waals surface area contributed by atoms with Crippen LogP contribution in [0.5, 0.6) is 5.75 Å². The number of primary amides is 1. The van der Waals surface area contributed by atoms with Gasteiger partial charge in [-0.05, 0) is 36.2 Å². The van der Waals surface area contributed by atoms with Crippen LogP contribution in [0.2, 0.25) is 0 Å². The lowest BCUT2D eigenvalue weighted by Crippen LogP contribution is -2.58. The van der Waals surface area contributed by atoms with Gasteiger partial charge in [-0.1, -0.05) is 30.3 Å². The van der Waals surface area contributed by atoms with Gasteiger partial charge in [0, 0.05) is 12.0 Å². The van der Waals surface area contributed by atoms with E-state index in [0.29, 0.717) is 17.7 Å². The van der Waals surface area contributed by atoms with Gasteiger partial charge < -0.3 is 30.5 Å². The number of para-hydroxylation sites is 1. The SMILES string of the molecule is CC1OC(Oc2ccccc2Cc2ccc(C(N)=O)cc2)C(O)C(O)C1O. The van der Waals surface area contributed by atoms with Crippen LogP contribution in [0.15, 0.2) is 48.5 Å². The van der Waals surface area contributed by atoms with Gasteiger partial charge in [-0.25, -0.2) is 0 Å². The van der Waals surface area contributed by atoms with E-state index in [0.717, 1.165) is 11.1 Å². The molecule has 7 nitrogen and oxygen atoms in total. The van der Waals surface area contributed by atoms with Crippen molar-refractivity contribution in [2.75, 3.05) is 0 Å². The molecule has 0 radical (unpaired) electrons. The fourth-order valence-corrected chi connectivity index (χ4v) is 3.01. The fraction of sp³-hybridized carbons (Fsp3) is 0.350. The molecule has 0 aliphatic carbocycles. The van der Waals surface area contributed by atoms with E-state index < -0.39 is 36.6 Å². The zero-order chi connectivity index (χ0) is 19.6. The molecule has 27 heavy (non-hydrogen) atoms. The van der Waals surface area contributed by atoms with Crippen LogP contribution in [0.4, 0.5) is 0 Å². The molecule has 1 fully saturated rings. The predicted octanol–water partition coefficient (Wildman–Crippen LogP) is 0.583. The first-order chi connectivity index (χ1) is 12.9. The van der Waals surface area contributed by atoms with Crippen molar-refractivity contribution in [3.63, 3.8) is 0 Å². The van der Waals surface area contributed by atoms with Crippen molar-refractivity contribution in [2.24, 2.45) is 5.73 Å². The van der Waals surface area contributed by atoms with Gasteiger partial charge in [0.25, 0.3) is 0 Å². The Morgan fingerprint density at radius 2 is 1.70 bits per heavy atom. The molecule has 2 aromatic carbocycles. The third-order valence-corrected chi connectivity index (χ3v) is 4.66. The maximum Gasteiger partial charge on any atom is 0.248 e. The number of amides is 1. The Hall–Kier alpha value is -2.45. The highest BCUT2D eigenvalue weighted by atomic mass is 16.7. The average Bonchev–Trinajstić information content (AvgIpc) is 2.66. The van der Waals surface area contributed by atoms with Crippen molar-refractivity contribution in [3.05, 3.63) is 65.2 Å². The smallest absolute Gasteiger partial charge is 0.248 e. The first-order valence-corrected chi connectivity index (χ1v) is 8.70. The van der Waals surface area contributed by atoms with E-state index >= 15 is 0 Å². The molecular weight excluding hydrogens is 350 g/mol. The Bertz CT molecular complexity index is 793. The summed E-state index contributed by atoms with van der Waals surface area (Å²) < 4.78 is 11.3. The van der Waals surface area contributed by atoms with Crippen molar-refractivity contribution in [1.29, 1.82) is 0 Å². The van der Waals surface area contributed by atoms with Gasteiger partial charge in [0.2, 0.25) is 12.2 Å². The van der Waals surface area contributed by atoms with Crippen LogP contribution in [-0.2, 0) is 11.2 Å². The minimum absolute atomic E-state index is 0.434. The molecule has 1 aliphatic heterocycles. The summed E-state index contributed by atoms with van der Waals surface area (Å²) in [6.07, 6.45) is -5.16. The van der Waals surface area contributed by atoms with E-state index in [9.17, 15) is 20.1 Å². The average molecular weight is 373 g/mol. The highest BCUT2D eigenvalue weighted by molar-refractivity contribution is 5.92. The Labute approximate surface area is 157 Å².